The van der Waals surface area contributed by atoms with Crippen LogP contribution < -0.4 is 9.64 Å². The number of nitrogens with zero attached hydrogens (tertiary/aromatic N) is 1. The fourth-order valence-electron chi connectivity index (χ4n) is 5.39. The van der Waals surface area contributed by atoms with Gasteiger partial charge in [0.1, 0.15) is 10.6 Å². The minimum Gasteiger partial charge on any atom is -0.497 e. The molecule has 0 N–H and O–H groups in total. The fourth-order valence-corrected chi connectivity index (χ4v) is 7.29. The highest BCUT2D eigenvalue weighted by Gasteiger charge is 2.67. The molecule has 0 amide bonds. The summed E-state index contributed by atoms with van der Waals surface area (Å²) in [5, 5.41) is 0. The van der Waals surface area contributed by atoms with Crippen LogP contribution in [0.5, 0.6) is 5.75 Å². The molecule has 3 atom stereocenters. The van der Waals surface area contributed by atoms with E-state index in [4.69, 9.17) is 4.74 Å². The standard InChI is InChI=1S/C32H41NO2S/c1-4-5-6-7-8-9-10-14-25-32(36(34)30-23-17-26(2)18-24-30)31(27-15-12-11-13-16-27)33(32)28-19-21-29(35-3)22-20-28/h11-13,15-24,31H,4-10,14,25H2,1-3H3/t31-,32-,33?,36?/m1/s1. The molecule has 3 aromatic rings. The second kappa shape index (κ2) is 12.6. The average Bonchev–Trinajstić information content (AvgIpc) is 3.60. The van der Waals surface area contributed by atoms with E-state index >= 15 is 0 Å². The Labute approximate surface area is 220 Å². The Morgan fingerprint density at radius 2 is 1.42 bits per heavy atom. The van der Waals surface area contributed by atoms with Crippen LogP contribution in [0.15, 0.2) is 83.8 Å². The lowest BCUT2D eigenvalue weighted by Crippen LogP contribution is -2.25. The second-order valence-corrected chi connectivity index (χ2v) is 11.7. The van der Waals surface area contributed by atoms with Crippen LogP contribution in [0.4, 0.5) is 5.69 Å². The predicted octanol–water partition coefficient (Wildman–Crippen LogP) is 8.60. The molecule has 0 aromatic heterocycles. The first-order valence-corrected chi connectivity index (χ1v) is 14.7. The molecule has 36 heavy (non-hydrogen) atoms. The smallest absolute Gasteiger partial charge is 0.146 e. The van der Waals surface area contributed by atoms with Gasteiger partial charge < -0.3 is 9.64 Å². The molecular weight excluding hydrogens is 462 g/mol. The first kappa shape index (κ1) is 26.5. The molecule has 1 aliphatic heterocycles. The highest BCUT2D eigenvalue weighted by atomic mass is 32.2. The van der Waals surface area contributed by atoms with Gasteiger partial charge in [-0.2, -0.15) is 0 Å². The molecule has 1 fully saturated rings. The zero-order valence-electron chi connectivity index (χ0n) is 22.1. The van der Waals surface area contributed by atoms with Crippen LogP contribution >= 0.6 is 0 Å². The van der Waals surface area contributed by atoms with Crippen molar-refractivity contribution in [3.63, 3.8) is 0 Å². The van der Waals surface area contributed by atoms with E-state index in [0.29, 0.717) is 0 Å². The van der Waals surface area contributed by atoms with E-state index in [0.717, 1.165) is 29.2 Å². The normalized spacial score (nSPS) is 19.8. The third kappa shape index (κ3) is 5.86. The maximum Gasteiger partial charge on any atom is 0.146 e. The maximum absolute atomic E-state index is 14.4. The summed E-state index contributed by atoms with van der Waals surface area (Å²) in [6.07, 6.45) is 11.1. The zero-order valence-corrected chi connectivity index (χ0v) is 22.9. The van der Waals surface area contributed by atoms with Gasteiger partial charge in [-0.15, -0.1) is 0 Å². The summed E-state index contributed by atoms with van der Waals surface area (Å²) < 4.78 is 19.8. The molecule has 3 nitrogen and oxygen atoms in total. The van der Waals surface area contributed by atoms with E-state index < -0.39 is 15.7 Å². The van der Waals surface area contributed by atoms with Crippen molar-refractivity contribution in [3.05, 3.63) is 90.0 Å². The summed E-state index contributed by atoms with van der Waals surface area (Å²) in [4.78, 5) is 2.86. The van der Waals surface area contributed by atoms with Crippen LogP contribution in [0.25, 0.3) is 0 Å². The molecule has 0 bridgehead atoms. The molecule has 1 aliphatic rings. The lowest BCUT2D eigenvalue weighted by Gasteiger charge is -2.19. The quantitative estimate of drug-likeness (QED) is 0.163. The lowest BCUT2D eigenvalue weighted by atomic mass is 10.0. The third-order valence-corrected chi connectivity index (χ3v) is 9.40. The van der Waals surface area contributed by atoms with Crippen molar-refractivity contribution in [2.24, 2.45) is 0 Å². The minimum atomic E-state index is -1.18. The minimum absolute atomic E-state index is 0.0822. The van der Waals surface area contributed by atoms with Crippen molar-refractivity contribution >= 4 is 16.5 Å². The Morgan fingerprint density at radius 3 is 2.03 bits per heavy atom. The average molecular weight is 504 g/mol. The summed E-state index contributed by atoms with van der Waals surface area (Å²) in [6.45, 7) is 4.34. The molecule has 1 saturated heterocycles. The summed E-state index contributed by atoms with van der Waals surface area (Å²) >= 11 is 0. The van der Waals surface area contributed by atoms with Crippen LogP contribution in [0, 0.1) is 6.92 Å². The third-order valence-electron chi connectivity index (χ3n) is 7.44. The van der Waals surface area contributed by atoms with Crippen molar-refractivity contribution in [3.8, 4) is 5.75 Å². The van der Waals surface area contributed by atoms with E-state index in [1.165, 1.54) is 56.1 Å². The number of benzene rings is 3. The van der Waals surface area contributed by atoms with Gasteiger partial charge in [0.25, 0.3) is 0 Å². The van der Waals surface area contributed by atoms with E-state index in [1.807, 2.05) is 24.3 Å². The molecule has 3 aromatic carbocycles. The summed E-state index contributed by atoms with van der Waals surface area (Å²) in [5.74, 6) is 0.838. The molecule has 0 saturated carbocycles. The number of rotatable bonds is 14. The van der Waals surface area contributed by atoms with Gasteiger partial charge in [0.15, 0.2) is 0 Å². The van der Waals surface area contributed by atoms with Crippen LogP contribution in [0.3, 0.4) is 0 Å². The SMILES string of the molecule is CCCCCCCCCC[C@@]1(S(=O)c2ccc(C)cc2)[C@@H](c2ccccc2)N1c1ccc(OC)cc1. The Morgan fingerprint density at radius 1 is 0.806 bits per heavy atom. The topological polar surface area (TPSA) is 29.3 Å². The Kier molecular flexibility index (Phi) is 9.25. The van der Waals surface area contributed by atoms with E-state index in [9.17, 15) is 4.21 Å². The summed E-state index contributed by atoms with van der Waals surface area (Å²) in [6, 6.07) is 27.2. The van der Waals surface area contributed by atoms with Gasteiger partial charge in [-0.3, -0.25) is 4.21 Å². The predicted molar refractivity (Wildman–Crippen MR) is 152 cm³/mol. The highest BCUT2D eigenvalue weighted by molar-refractivity contribution is 7.87. The van der Waals surface area contributed by atoms with Gasteiger partial charge in [-0.1, -0.05) is 106 Å². The molecule has 1 unspecified atom stereocenters. The second-order valence-electron chi connectivity index (χ2n) is 10.0. The first-order valence-electron chi connectivity index (χ1n) is 13.6. The Hall–Kier alpha value is -2.59. The van der Waals surface area contributed by atoms with Gasteiger partial charge in [0.05, 0.1) is 24.0 Å². The number of hydrogen-bond acceptors (Lipinski definition) is 3. The van der Waals surface area contributed by atoms with E-state index in [2.05, 4.69) is 73.3 Å². The van der Waals surface area contributed by atoms with Gasteiger partial charge in [0.2, 0.25) is 0 Å². The zero-order chi connectivity index (χ0) is 25.4. The van der Waals surface area contributed by atoms with Crippen molar-refractivity contribution in [1.82, 2.24) is 0 Å². The monoisotopic (exact) mass is 503 g/mol. The van der Waals surface area contributed by atoms with Crippen molar-refractivity contribution < 1.29 is 8.95 Å². The molecule has 0 aliphatic carbocycles. The van der Waals surface area contributed by atoms with Gasteiger partial charge in [0, 0.05) is 10.6 Å². The maximum atomic E-state index is 14.4. The molecule has 4 rings (SSSR count). The molecule has 0 spiro atoms. The van der Waals surface area contributed by atoms with Crippen molar-refractivity contribution in [2.75, 3.05) is 12.0 Å². The number of methoxy groups -OCH3 is 1. The fraction of sp³-hybridized carbons (Fsp3) is 0.438. The molecule has 4 heteroatoms. The lowest BCUT2D eigenvalue weighted by molar-refractivity contribution is 0.415. The van der Waals surface area contributed by atoms with E-state index in [-0.39, 0.29) is 6.04 Å². The molecule has 0 radical (unpaired) electrons. The van der Waals surface area contributed by atoms with Crippen molar-refractivity contribution in [2.45, 2.75) is 87.4 Å². The Bertz CT molecular complexity index is 1100. The Balaban J connectivity index is 1.62. The van der Waals surface area contributed by atoms with Crippen LogP contribution in [0.2, 0.25) is 0 Å². The number of anilines is 1. The van der Waals surface area contributed by atoms with Gasteiger partial charge in [-0.25, -0.2) is 0 Å². The van der Waals surface area contributed by atoms with Gasteiger partial charge >= 0.3 is 0 Å². The van der Waals surface area contributed by atoms with Crippen molar-refractivity contribution in [1.29, 1.82) is 0 Å². The summed E-state index contributed by atoms with van der Waals surface area (Å²) in [7, 11) is 0.517. The van der Waals surface area contributed by atoms with Crippen LogP contribution in [-0.2, 0) is 10.8 Å². The van der Waals surface area contributed by atoms with Gasteiger partial charge in [-0.05, 0) is 55.3 Å². The highest BCUT2D eigenvalue weighted by Crippen LogP contribution is 2.61. The molecule has 192 valence electrons. The number of aryl methyl sites for hydroxylation is 1. The molecular formula is C32H41NO2S. The number of unbranched alkanes of at least 4 members (excludes halogenated alkanes) is 7. The first-order chi connectivity index (χ1) is 17.6. The van der Waals surface area contributed by atoms with Crippen LogP contribution in [0.1, 0.15) is 81.9 Å². The van der Waals surface area contributed by atoms with E-state index in [1.54, 1.807) is 7.11 Å². The summed E-state index contributed by atoms with van der Waals surface area (Å²) in [5.41, 5.74) is 3.52. The molecule has 1 heterocycles. The van der Waals surface area contributed by atoms with Crippen LogP contribution in [-0.4, -0.2) is 16.2 Å². The number of ether oxygens (including phenoxy) is 1. The largest absolute Gasteiger partial charge is 0.497 e. The number of hydrogen-bond donors (Lipinski definition) is 0.